The summed E-state index contributed by atoms with van der Waals surface area (Å²) in [6.45, 7) is 0. The van der Waals surface area contributed by atoms with Crippen molar-refractivity contribution < 1.29 is 30.8 Å². The Morgan fingerprint density at radius 1 is 1.19 bits per heavy atom. The van der Waals surface area contributed by atoms with Crippen molar-refractivity contribution in [3.8, 4) is 6.07 Å². The summed E-state index contributed by atoms with van der Waals surface area (Å²) in [5.41, 5.74) is -3.05. The van der Waals surface area contributed by atoms with E-state index >= 15 is 0 Å². The summed E-state index contributed by atoms with van der Waals surface area (Å²) >= 11 is 0. The average molecular weight is 399 g/mol. The van der Waals surface area contributed by atoms with Gasteiger partial charge in [0.15, 0.2) is 5.71 Å². The van der Waals surface area contributed by atoms with Crippen LogP contribution in [0.1, 0.15) is 11.1 Å². The van der Waals surface area contributed by atoms with Crippen molar-refractivity contribution in [1.82, 2.24) is 0 Å². The van der Waals surface area contributed by atoms with Crippen molar-refractivity contribution in [2.24, 2.45) is 5.16 Å². The Labute approximate surface area is 150 Å². The third-order valence-corrected chi connectivity index (χ3v) is 4.29. The fourth-order valence-electron chi connectivity index (χ4n) is 1.93. The zero-order chi connectivity index (χ0) is 20.2. The highest BCUT2D eigenvalue weighted by Gasteiger charge is 2.39. The molecule has 0 saturated carbocycles. The summed E-state index contributed by atoms with van der Waals surface area (Å²) in [6, 6.07) is 10.1. The first-order chi connectivity index (χ1) is 12.6. The van der Waals surface area contributed by atoms with Gasteiger partial charge in [-0.3, -0.25) is 14.4 Å². The molecule has 140 valence electrons. The largest absolute Gasteiger partial charge is 0.418 e. The molecule has 0 bridgehead atoms. The molecule has 2 aromatic rings. The lowest BCUT2D eigenvalue weighted by molar-refractivity contribution is -0.385. The number of halogens is 3. The number of alkyl halides is 3. The SMILES string of the molecule is N#CC(=NOS(=O)(=O)c1ccc([N+](=O)[O-])cc1C(F)(F)F)c1ccccc1. The molecule has 0 N–H and O–H groups in total. The molecule has 0 aliphatic heterocycles. The van der Waals surface area contributed by atoms with Crippen LogP contribution in [0.2, 0.25) is 0 Å². The topological polar surface area (TPSA) is 123 Å². The minimum Gasteiger partial charge on any atom is -0.263 e. The predicted molar refractivity (Wildman–Crippen MR) is 85.0 cm³/mol. The predicted octanol–water partition coefficient (Wildman–Crippen LogP) is 3.25. The first kappa shape index (κ1) is 19.9. The molecule has 0 atom stereocenters. The lowest BCUT2D eigenvalue weighted by atomic mass is 10.1. The van der Waals surface area contributed by atoms with E-state index in [1.54, 1.807) is 12.1 Å². The van der Waals surface area contributed by atoms with Crippen molar-refractivity contribution in [1.29, 1.82) is 5.26 Å². The first-order valence-electron chi connectivity index (χ1n) is 6.89. The summed E-state index contributed by atoms with van der Waals surface area (Å²) in [4.78, 5) is 8.18. The number of oxime groups is 1. The number of rotatable bonds is 5. The van der Waals surface area contributed by atoms with Crippen molar-refractivity contribution in [2.45, 2.75) is 11.1 Å². The van der Waals surface area contributed by atoms with Gasteiger partial charge in [-0.1, -0.05) is 35.5 Å². The molecule has 12 heteroatoms. The van der Waals surface area contributed by atoms with Gasteiger partial charge in [0, 0.05) is 17.7 Å². The zero-order valence-electron chi connectivity index (χ0n) is 13.0. The van der Waals surface area contributed by atoms with E-state index < -0.39 is 43.1 Å². The molecule has 0 heterocycles. The smallest absolute Gasteiger partial charge is 0.263 e. The molecule has 27 heavy (non-hydrogen) atoms. The summed E-state index contributed by atoms with van der Waals surface area (Å²) < 4.78 is 67.8. The molecular formula is C15H8F3N3O5S. The second-order valence-electron chi connectivity index (χ2n) is 4.88. The van der Waals surface area contributed by atoms with E-state index in [0.717, 1.165) is 0 Å². The molecule has 0 radical (unpaired) electrons. The number of nitrogens with zero attached hydrogens (tertiary/aromatic N) is 3. The molecule has 2 rings (SSSR count). The first-order valence-corrected chi connectivity index (χ1v) is 8.30. The van der Waals surface area contributed by atoms with Crippen LogP contribution < -0.4 is 0 Å². The van der Waals surface area contributed by atoms with E-state index in [0.29, 0.717) is 12.1 Å². The van der Waals surface area contributed by atoms with E-state index in [2.05, 4.69) is 9.44 Å². The van der Waals surface area contributed by atoms with Crippen LogP contribution in [-0.2, 0) is 20.6 Å². The van der Waals surface area contributed by atoms with E-state index in [1.165, 1.54) is 24.3 Å². The molecular weight excluding hydrogens is 391 g/mol. The maximum absolute atomic E-state index is 13.1. The minimum atomic E-state index is -5.21. The highest BCUT2D eigenvalue weighted by atomic mass is 32.2. The Hall–Kier alpha value is -3.46. The molecule has 0 unspecified atom stereocenters. The second-order valence-corrected chi connectivity index (χ2v) is 6.38. The van der Waals surface area contributed by atoms with Crippen LogP contribution in [-0.4, -0.2) is 19.1 Å². The maximum atomic E-state index is 13.1. The van der Waals surface area contributed by atoms with Gasteiger partial charge in [0.05, 0.1) is 10.5 Å². The Bertz CT molecular complexity index is 1040. The van der Waals surface area contributed by atoms with Crippen molar-refractivity contribution in [2.75, 3.05) is 0 Å². The lowest BCUT2D eigenvalue weighted by Crippen LogP contribution is -2.15. The molecule has 0 spiro atoms. The summed E-state index contributed by atoms with van der Waals surface area (Å²) in [6.07, 6.45) is -5.21. The van der Waals surface area contributed by atoms with Crippen LogP contribution in [0.4, 0.5) is 18.9 Å². The van der Waals surface area contributed by atoms with E-state index in [1.807, 2.05) is 0 Å². The Kier molecular flexibility index (Phi) is 5.46. The third kappa shape index (κ3) is 4.59. The Morgan fingerprint density at radius 2 is 1.81 bits per heavy atom. The van der Waals surface area contributed by atoms with Crippen LogP contribution in [0.3, 0.4) is 0 Å². The third-order valence-electron chi connectivity index (χ3n) is 3.13. The van der Waals surface area contributed by atoms with Crippen LogP contribution in [0, 0.1) is 21.4 Å². The molecule has 0 saturated heterocycles. The average Bonchev–Trinajstić information content (AvgIpc) is 2.61. The monoisotopic (exact) mass is 399 g/mol. The minimum absolute atomic E-state index is 0.0718. The molecule has 0 amide bonds. The van der Waals surface area contributed by atoms with Crippen molar-refractivity contribution >= 4 is 21.5 Å². The van der Waals surface area contributed by atoms with Gasteiger partial charge >= 0.3 is 16.3 Å². The number of nitro benzene ring substituents is 1. The zero-order valence-corrected chi connectivity index (χ0v) is 13.9. The summed E-state index contributed by atoms with van der Waals surface area (Å²) in [5.74, 6) is 0. The van der Waals surface area contributed by atoms with Crippen molar-refractivity contribution in [3.63, 3.8) is 0 Å². The fraction of sp³-hybridized carbons (Fsp3) is 0.0667. The van der Waals surface area contributed by atoms with Crippen molar-refractivity contribution in [3.05, 3.63) is 69.8 Å². The van der Waals surface area contributed by atoms with Crippen LogP contribution in [0.15, 0.2) is 58.6 Å². The number of nitro groups is 1. The lowest BCUT2D eigenvalue weighted by Gasteiger charge is -2.11. The van der Waals surface area contributed by atoms with Gasteiger partial charge in [-0.25, -0.2) is 0 Å². The van der Waals surface area contributed by atoms with E-state index in [9.17, 15) is 31.7 Å². The molecule has 0 fully saturated rings. The quantitative estimate of drug-likeness (QED) is 0.432. The highest BCUT2D eigenvalue weighted by molar-refractivity contribution is 7.86. The molecule has 8 nitrogen and oxygen atoms in total. The Balaban J connectivity index is 2.49. The maximum Gasteiger partial charge on any atom is 0.418 e. The summed E-state index contributed by atoms with van der Waals surface area (Å²) in [7, 11) is -5.11. The summed E-state index contributed by atoms with van der Waals surface area (Å²) in [5, 5.41) is 22.8. The van der Waals surface area contributed by atoms with Gasteiger partial charge in [-0.2, -0.15) is 26.9 Å². The number of benzene rings is 2. The van der Waals surface area contributed by atoms with Crippen LogP contribution in [0.5, 0.6) is 0 Å². The van der Waals surface area contributed by atoms with E-state index in [-0.39, 0.29) is 11.6 Å². The number of non-ortho nitro benzene ring substituents is 1. The van der Waals surface area contributed by atoms with Gasteiger partial charge in [-0.15, -0.1) is 0 Å². The molecule has 0 aromatic heterocycles. The Morgan fingerprint density at radius 3 is 2.33 bits per heavy atom. The molecule has 0 aliphatic carbocycles. The normalized spacial score (nSPS) is 12.3. The van der Waals surface area contributed by atoms with Gasteiger partial charge in [-0.05, 0) is 6.07 Å². The van der Waals surface area contributed by atoms with E-state index in [4.69, 9.17) is 5.26 Å². The van der Waals surface area contributed by atoms with Gasteiger partial charge in [0.1, 0.15) is 11.0 Å². The number of nitriles is 1. The van der Waals surface area contributed by atoms with Gasteiger partial charge in [0.25, 0.3) is 5.69 Å². The van der Waals surface area contributed by atoms with Crippen LogP contribution in [0.25, 0.3) is 0 Å². The second kappa shape index (κ2) is 7.42. The van der Waals surface area contributed by atoms with Gasteiger partial charge in [0.2, 0.25) is 0 Å². The molecule has 0 aliphatic rings. The molecule has 2 aromatic carbocycles. The number of hydrogen-bond acceptors (Lipinski definition) is 7. The van der Waals surface area contributed by atoms with Gasteiger partial charge < -0.3 is 0 Å². The highest BCUT2D eigenvalue weighted by Crippen LogP contribution is 2.37. The number of hydrogen-bond donors (Lipinski definition) is 0. The van der Waals surface area contributed by atoms with Crippen LogP contribution >= 0.6 is 0 Å². The fourth-order valence-corrected chi connectivity index (χ4v) is 2.86. The standard InChI is InChI=1S/C15H8F3N3O5S/c16-15(17,18)12-8-11(21(22)23)6-7-14(12)27(24,25)26-20-13(9-19)10-4-2-1-3-5-10/h1-8H.